The van der Waals surface area contributed by atoms with E-state index >= 15 is 0 Å². The molecule has 0 spiro atoms. The standard InChI is InChI=1S/C16H11N7O2/c1-10-14(15(22-25-10)11-5-3-2-4-6-11)16-20-19-13(24-16)8-23-9-18-12(7-17)21-23/h2-6,9H,8H2,1H3. The first-order valence-corrected chi connectivity index (χ1v) is 7.38. The molecule has 3 aromatic heterocycles. The number of rotatable bonds is 4. The van der Waals surface area contributed by atoms with Crippen LogP contribution < -0.4 is 0 Å². The second kappa shape index (κ2) is 6.01. The highest BCUT2D eigenvalue weighted by molar-refractivity contribution is 5.77. The molecule has 0 aliphatic rings. The molecule has 0 atom stereocenters. The van der Waals surface area contributed by atoms with Crippen molar-refractivity contribution in [1.82, 2.24) is 30.1 Å². The molecule has 0 saturated heterocycles. The van der Waals surface area contributed by atoms with Crippen LogP contribution in [-0.2, 0) is 6.54 Å². The highest BCUT2D eigenvalue weighted by Gasteiger charge is 2.22. The summed E-state index contributed by atoms with van der Waals surface area (Å²) in [6.07, 6.45) is 1.43. The maximum absolute atomic E-state index is 8.76. The number of nitrogens with zero attached hydrogens (tertiary/aromatic N) is 7. The highest BCUT2D eigenvalue weighted by Crippen LogP contribution is 2.33. The van der Waals surface area contributed by atoms with Gasteiger partial charge in [0.05, 0.1) is 0 Å². The third-order valence-electron chi connectivity index (χ3n) is 3.52. The lowest BCUT2D eigenvalue weighted by atomic mass is 10.1. The minimum absolute atomic E-state index is 0.0842. The van der Waals surface area contributed by atoms with Gasteiger partial charge in [-0.1, -0.05) is 35.5 Å². The number of benzene rings is 1. The second-order valence-corrected chi connectivity index (χ2v) is 5.21. The van der Waals surface area contributed by atoms with Crippen molar-refractivity contribution in [1.29, 1.82) is 5.26 Å². The Morgan fingerprint density at radius 1 is 1.20 bits per heavy atom. The van der Waals surface area contributed by atoms with Crippen LogP contribution in [0.5, 0.6) is 0 Å². The summed E-state index contributed by atoms with van der Waals surface area (Å²) in [7, 11) is 0. The summed E-state index contributed by atoms with van der Waals surface area (Å²) in [6.45, 7) is 2.00. The zero-order valence-electron chi connectivity index (χ0n) is 13.1. The number of aromatic nitrogens is 6. The molecular formula is C16H11N7O2. The van der Waals surface area contributed by atoms with Gasteiger partial charge in [-0.05, 0) is 6.92 Å². The first kappa shape index (κ1) is 14.8. The maximum atomic E-state index is 8.76. The normalized spacial score (nSPS) is 10.7. The van der Waals surface area contributed by atoms with Crippen LogP contribution in [-0.4, -0.2) is 30.1 Å². The van der Waals surface area contributed by atoms with Gasteiger partial charge in [0.15, 0.2) is 0 Å². The van der Waals surface area contributed by atoms with E-state index in [9.17, 15) is 0 Å². The molecule has 9 heteroatoms. The second-order valence-electron chi connectivity index (χ2n) is 5.21. The van der Waals surface area contributed by atoms with E-state index in [4.69, 9.17) is 14.2 Å². The van der Waals surface area contributed by atoms with Crippen LogP contribution in [0.4, 0.5) is 0 Å². The first-order valence-electron chi connectivity index (χ1n) is 7.38. The molecule has 4 rings (SSSR count). The van der Waals surface area contributed by atoms with E-state index in [0.29, 0.717) is 28.8 Å². The Morgan fingerprint density at radius 2 is 2.04 bits per heavy atom. The van der Waals surface area contributed by atoms with Crippen molar-refractivity contribution in [3.05, 3.63) is 54.1 Å². The van der Waals surface area contributed by atoms with Gasteiger partial charge in [0.25, 0.3) is 11.7 Å². The highest BCUT2D eigenvalue weighted by atomic mass is 16.5. The van der Waals surface area contributed by atoms with Gasteiger partial charge in [-0.25, -0.2) is 9.67 Å². The van der Waals surface area contributed by atoms with E-state index in [0.717, 1.165) is 5.56 Å². The fourth-order valence-electron chi connectivity index (χ4n) is 2.40. The van der Waals surface area contributed by atoms with Crippen molar-refractivity contribution in [2.45, 2.75) is 13.5 Å². The van der Waals surface area contributed by atoms with Gasteiger partial charge in [-0.2, -0.15) is 5.26 Å². The average molecular weight is 333 g/mol. The average Bonchev–Trinajstić information content (AvgIpc) is 3.36. The third-order valence-corrected chi connectivity index (χ3v) is 3.52. The van der Waals surface area contributed by atoms with E-state index in [1.165, 1.54) is 11.0 Å². The number of hydrogen-bond acceptors (Lipinski definition) is 8. The zero-order valence-corrected chi connectivity index (χ0v) is 13.1. The molecule has 122 valence electrons. The summed E-state index contributed by atoms with van der Waals surface area (Å²) in [5.41, 5.74) is 2.19. The molecule has 0 unspecified atom stereocenters. The van der Waals surface area contributed by atoms with E-state index in [1.807, 2.05) is 36.4 Å². The number of aryl methyl sites for hydroxylation is 1. The lowest BCUT2D eigenvalue weighted by molar-refractivity contribution is 0.399. The molecule has 0 bridgehead atoms. The molecule has 4 aromatic rings. The molecule has 0 radical (unpaired) electrons. The van der Waals surface area contributed by atoms with E-state index in [1.54, 1.807) is 6.92 Å². The lowest BCUT2D eigenvalue weighted by Crippen LogP contribution is -2.00. The van der Waals surface area contributed by atoms with E-state index < -0.39 is 0 Å². The molecule has 0 N–H and O–H groups in total. The predicted molar refractivity (Wildman–Crippen MR) is 83.8 cm³/mol. The molecule has 3 heterocycles. The molecule has 9 nitrogen and oxygen atoms in total. The summed E-state index contributed by atoms with van der Waals surface area (Å²) in [5.74, 6) is 1.32. The lowest BCUT2D eigenvalue weighted by Gasteiger charge is -1.98. The predicted octanol–water partition coefficient (Wildman–Crippen LogP) is 2.21. The molecule has 0 saturated carbocycles. The summed E-state index contributed by atoms with van der Waals surface area (Å²) in [5, 5.41) is 24.9. The van der Waals surface area contributed by atoms with Crippen LogP contribution in [0, 0.1) is 18.3 Å². The molecule has 0 aliphatic heterocycles. The number of nitriles is 1. The minimum Gasteiger partial charge on any atom is -0.418 e. The Balaban J connectivity index is 1.67. The van der Waals surface area contributed by atoms with Gasteiger partial charge in [-0.3, -0.25) is 0 Å². The van der Waals surface area contributed by atoms with Crippen LogP contribution in [0.25, 0.3) is 22.7 Å². The molecule has 25 heavy (non-hydrogen) atoms. The largest absolute Gasteiger partial charge is 0.418 e. The van der Waals surface area contributed by atoms with Crippen molar-refractivity contribution in [2.24, 2.45) is 0 Å². The van der Waals surface area contributed by atoms with Crippen molar-refractivity contribution >= 4 is 0 Å². The van der Waals surface area contributed by atoms with Crippen molar-refractivity contribution < 1.29 is 8.94 Å². The minimum atomic E-state index is 0.0842. The summed E-state index contributed by atoms with van der Waals surface area (Å²) in [4.78, 5) is 3.83. The van der Waals surface area contributed by atoms with Gasteiger partial charge in [0, 0.05) is 5.56 Å². The monoisotopic (exact) mass is 333 g/mol. The molecule has 0 amide bonds. The zero-order chi connectivity index (χ0) is 17.2. The van der Waals surface area contributed by atoms with Crippen molar-refractivity contribution in [2.75, 3.05) is 0 Å². The van der Waals surface area contributed by atoms with E-state index in [-0.39, 0.29) is 12.4 Å². The van der Waals surface area contributed by atoms with Gasteiger partial charge >= 0.3 is 0 Å². The Bertz CT molecular complexity index is 1060. The molecular weight excluding hydrogens is 322 g/mol. The van der Waals surface area contributed by atoms with Crippen LogP contribution in [0.15, 0.2) is 45.6 Å². The van der Waals surface area contributed by atoms with Gasteiger partial charge in [0.1, 0.15) is 36.0 Å². The fourth-order valence-corrected chi connectivity index (χ4v) is 2.40. The van der Waals surface area contributed by atoms with Crippen LogP contribution in [0.2, 0.25) is 0 Å². The van der Waals surface area contributed by atoms with E-state index in [2.05, 4.69) is 25.4 Å². The summed E-state index contributed by atoms with van der Waals surface area (Å²) in [6, 6.07) is 11.5. The van der Waals surface area contributed by atoms with Crippen molar-refractivity contribution in [3.8, 4) is 28.8 Å². The van der Waals surface area contributed by atoms with Gasteiger partial charge in [0.2, 0.25) is 5.89 Å². The first-order chi connectivity index (χ1) is 12.2. The SMILES string of the molecule is Cc1onc(-c2ccccc2)c1-c1nnc(Cn2cnc(C#N)n2)o1. The Hall–Kier alpha value is -3.80. The summed E-state index contributed by atoms with van der Waals surface area (Å²) >= 11 is 0. The molecule has 1 aromatic carbocycles. The van der Waals surface area contributed by atoms with Crippen LogP contribution >= 0.6 is 0 Å². The maximum Gasteiger partial charge on any atom is 0.253 e. The number of hydrogen-bond donors (Lipinski definition) is 0. The topological polar surface area (TPSA) is 119 Å². The van der Waals surface area contributed by atoms with Crippen LogP contribution in [0.3, 0.4) is 0 Å². The van der Waals surface area contributed by atoms with Crippen LogP contribution in [0.1, 0.15) is 17.5 Å². The van der Waals surface area contributed by atoms with Gasteiger partial charge < -0.3 is 8.94 Å². The quantitative estimate of drug-likeness (QED) is 0.557. The van der Waals surface area contributed by atoms with Gasteiger partial charge in [-0.15, -0.1) is 15.3 Å². The van der Waals surface area contributed by atoms with Crippen molar-refractivity contribution in [3.63, 3.8) is 0 Å². The summed E-state index contributed by atoms with van der Waals surface area (Å²) < 4.78 is 12.5. The Kier molecular flexibility index (Phi) is 3.55. The Morgan fingerprint density at radius 3 is 2.80 bits per heavy atom. The Labute approximate surface area is 141 Å². The fraction of sp³-hybridized carbons (Fsp3) is 0.125. The molecule has 0 fully saturated rings. The third kappa shape index (κ3) is 2.76. The smallest absolute Gasteiger partial charge is 0.253 e. The molecule has 0 aliphatic carbocycles.